The molecule has 2 rings (SSSR count). The van der Waals surface area contributed by atoms with E-state index in [0.29, 0.717) is 13.2 Å². The molecule has 1 aliphatic heterocycles. The minimum absolute atomic E-state index is 0.0291. The molecular formula is C14H16ClFN2O4. The normalized spacial score (nSPS) is 16.6. The summed E-state index contributed by atoms with van der Waals surface area (Å²) in [6.45, 7) is 1.13. The maximum Gasteiger partial charge on any atom is 0.338 e. The van der Waals surface area contributed by atoms with Gasteiger partial charge in [-0.3, -0.25) is 4.79 Å². The Labute approximate surface area is 131 Å². The second-order valence-corrected chi connectivity index (χ2v) is 4.98. The third-order valence-corrected chi connectivity index (χ3v) is 3.45. The lowest BCUT2D eigenvalue weighted by molar-refractivity contribution is -0.113. The third-order valence-electron chi connectivity index (χ3n) is 3.21. The van der Waals surface area contributed by atoms with E-state index in [-0.39, 0.29) is 28.9 Å². The summed E-state index contributed by atoms with van der Waals surface area (Å²) in [5.41, 5.74) is 0.257. The molecule has 0 saturated carbocycles. The largest absolute Gasteiger partial charge is 0.465 e. The molecule has 2 N–H and O–H groups in total. The summed E-state index contributed by atoms with van der Waals surface area (Å²) in [5, 5.41) is 5.35. The van der Waals surface area contributed by atoms with Crippen molar-refractivity contribution >= 4 is 34.9 Å². The third kappa shape index (κ3) is 3.86. The van der Waals surface area contributed by atoms with Crippen LogP contribution in [0.1, 0.15) is 16.8 Å². The van der Waals surface area contributed by atoms with Crippen LogP contribution in [0.25, 0.3) is 0 Å². The van der Waals surface area contributed by atoms with Gasteiger partial charge in [0.2, 0.25) is 5.91 Å². The monoisotopic (exact) mass is 330 g/mol. The molecule has 0 spiro atoms. The quantitative estimate of drug-likeness (QED) is 0.616. The van der Waals surface area contributed by atoms with Crippen molar-refractivity contribution in [3.8, 4) is 0 Å². The van der Waals surface area contributed by atoms with Gasteiger partial charge in [0, 0.05) is 13.2 Å². The molecule has 1 amide bonds. The molecule has 22 heavy (non-hydrogen) atoms. The van der Waals surface area contributed by atoms with E-state index >= 15 is 0 Å². The number of esters is 1. The maximum atomic E-state index is 14.2. The smallest absolute Gasteiger partial charge is 0.338 e. The van der Waals surface area contributed by atoms with Crippen molar-refractivity contribution in [1.82, 2.24) is 0 Å². The molecule has 0 radical (unpaired) electrons. The lowest BCUT2D eigenvalue weighted by atomic mass is 10.1. The number of hydrogen-bond donors (Lipinski definition) is 2. The number of methoxy groups -OCH3 is 1. The van der Waals surface area contributed by atoms with E-state index in [2.05, 4.69) is 15.4 Å². The molecule has 1 heterocycles. The Hall–Kier alpha value is -1.86. The summed E-state index contributed by atoms with van der Waals surface area (Å²) in [5.74, 6) is -2.27. The van der Waals surface area contributed by atoms with Crippen LogP contribution < -0.4 is 10.6 Å². The van der Waals surface area contributed by atoms with Crippen LogP contribution in [0.15, 0.2) is 12.1 Å². The number of carbonyl (C=O) groups excluding carboxylic acids is 2. The van der Waals surface area contributed by atoms with Crippen molar-refractivity contribution in [3.05, 3.63) is 23.5 Å². The minimum Gasteiger partial charge on any atom is -0.465 e. The van der Waals surface area contributed by atoms with Crippen LogP contribution >= 0.6 is 11.6 Å². The highest BCUT2D eigenvalue weighted by molar-refractivity contribution is 6.29. The van der Waals surface area contributed by atoms with E-state index in [4.69, 9.17) is 16.3 Å². The SMILES string of the molecule is COC(=O)c1cc(F)c(NC(=O)CCl)c(NC[C@@H]2CCO2)c1. The standard InChI is InChI=1S/C14H16ClFN2O4/c1-21-14(20)8-4-10(16)13(18-12(19)6-15)11(5-8)17-7-9-2-3-22-9/h4-5,9,17H,2-3,6-7H2,1H3,(H,18,19)/t9-/m0/s1. The molecular weight excluding hydrogens is 315 g/mol. The summed E-state index contributed by atoms with van der Waals surface area (Å²) in [6.07, 6.45) is 0.927. The number of anilines is 2. The van der Waals surface area contributed by atoms with Gasteiger partial charge < -0.3 is 20.1 Å². The van der Waals surface area contributed by atoms with Crippen LogP contribution in [-0.4, -0.2) is 44.1 Å². The molecule has 1 saturated heterocycles. The average Bonchev–Trinajstić information content (AvgIpc) is 2.47. The summed E-state index contributed by atoms with van der Waals surface area (Å²) in [6, 6.07) is 2.41. The van der Waals surface area contributed by atoms with Gasteiger partial charge in [0.15, 0.2) is 0 Å². The highest BCUT2D eigenvalue weighted by Crippen LogP contribution is 2.28. The predicted molar refractivity (Wildman–Crippen MR) is 79.9 cm³/mol. The van der Waals surface area contributed by atoms with Crippen molar-refractivity contribution in [3.63, 3.8) is 0 Å². The molecule has 0 bridgehead atoms. The molecule has 1 atom stereocenters. The fraction of sp³-hybridized carbons (Fsp3) is 0.429. The van der Waals surface area contributed by atoms with Crippen molar-refractivity contribution in [2.45, 2.75) is 12.5 Å². The summed E-state index contributed by atoms with van der Waals surface area (Å²) >= 11 is 5.42. The molecule has 1 aromatic carbocycles. The first-order valence-corrected chi connectivity index (χ1v) is 7.21. The fourth-order valence-electron chi connectivity index (χ4n) is 1.95. The van der Waals surface area contributed by atoms with Gasteiger partial charge in [-0.2, -0.15) is 0 Å². The van der Waals surface area contributed by atoms with Crippen LogP contribution in [0.5, 0.6) is 0 Å². The van der Waals surface area contributed by atoms with Crippen LogP contribution in [0.2, 0.25) is 0 Å². The number of rotatable bonds is 6. The second kappa shape index (κ2) is 7.42. The van der Waals surface area contributed by atoms with Gasteiger partial charge in [-0.15, -0.1) is 11.6 Å². The number of nitrogens with one attached hydrogen (secondary N) is 2. The van der Waals surface area contributed by atoms with Crippen molar-refractivity contribution < 1.29 is 23.5 Å². The van der Waals surface area contributed by atoms with Gasteiger partial charge in [0.25, 0.3) is 0 Å². The summed E-state index contributed by atoms with van der Waals surface area (Å²) in [4.78, 5) is 23.0. The van der Waals surface area contributed by atoms with Crippen LogP contribution in [0.4, 0.5) is 15.8 Å². The lowest BCUT2D eigenvalue weighted by Gasteiger charge is -2.27. The summed E-state index contributed by atoms with van der Waals surface area (Å²) in [7, 11) is 1.21. The van der Waals surface area contributed by atoms with Gasteiger partial charge in [-0.05, 0) is 18.6 Å². The molecule has 1 fully saturated rings. The zero-order valence-corrected chi connectivity index (χ0v) is 12.7. The Morgan fingerprint density at radius 3 is 2.77 bits per heavy atom. The second-order valence-electron chi connectivity index (χ2n) is 4.72. The zero-order chi connectivity index (χ0) is 16.1. The van der Waals surface area contributed by atoms with Crippen molar-refractivity contribution in [1.29, 1.82) is 0 Å². The Morgan fingerprint density at radius 1 is 1.50 bits per heavy atom. The number of ether oxygens (including phenoxy) is 2. The van der Waals surface area contributed by atoms with Gasteiger partial charge >= 0.3 is 5.97 Å². The maximum absolute atomic E-state index is 14.2. The van der Waals surface area contributed by atoms with Gasteiger partial charge in [0.05, 0.1) is 24.5 Å². The van der Waals surface area contributed by atoms with Gasteiger partial charge in [-0.1, -0.05) is 0 Å². The lowest BCUT2D eigenvalue weighted by Crippen LogP contribution is -2.33. The number of amides is 1. The molecule has 1 aromatic rings. The highest BCUT2D eigenvalue weighted by atomic mass is 35.5. The molecule has 6 nitrogen and oxygen atoms in total. The predicted octanol–water partition coefficient (Wildman–Crippen LogP) is 1.99. The Kier molecular flexibility index (Phi) is 5.57. The van der Waals surface area contributed by atoms with Crippen LogP contribution in [0, 0.1) is 5.82 Å². The molecule has 1 aliphatic rings. The van der Waals surface area contributed by atoms with E-state index in [0.717, 1.165) is 12.5 Å². The van der Waals surface area contributed by atoms with E-state index in [1.54, 1.807) is 0 Å². The first-order valence-electron chi connectivity index (χ1n) is 6.68. The van der Waals surface area contributed by atoms with E-state index < -0.39 is 17.7 Å². The Balaban J connectivity index is 2.27. The van der Waals surface area contributed by atoms with Crippen molar-refractivity contribution in [2.75, 3.05) is 36.8 Å². The number of carbonyl (C=O) groups is 2. The van der Waals surface area contributed by atoms with Gasteiger partial charge in [0.1, 0.15) is 17.4 Å². The van der Waals surface area contributed by atoms with Crippen LogP contribution in [-0.2, 0) is 14.3 Å². The molecule has 0 aromatic heterocycles. The first-order chi connectivity index (χ1) is 10.5. The number of benzene rings is 1. The van der Waals surface area contributed by atoms with Crippen molar-refractivity contribution in [2.24, 2.45) is 0 Å². The molecule has 120 valence electrons. The Morgan fingerprint density at radius 2 is 2.23 bits per heavy atom. The average molecular weight is 331 g/mol. The van der Waals surface area contributed by atoms with E-state index in [1.807, 2.05) is 0 Å². The minimum atomic E-state index is -0.751. The topological polar surface area (TPSA) is 76.7 Å². The first kappa shape index (κ1) is 16.5. The Bertz CT molecular complexity index is 578. The molecule has 0 unspecified atom stereocenters. The molecule has 0 aliphatic carbocycles. The zero-order valence-electron chi connectivity index (χ0n) is 11.9. The van der Waals surface area contributed by atoms with Gasteiger partial charge in [-0.25, -0.2) is 9.18 Å². The van der Waals surface area contributed by atoms with E-state index in [1.165, 1.54) is 13.2 Å². The summed E-state index contributed by atoms with van der Waals surface area (Å²) < 4.78 is 24.0. The number of halogens is 2. The fourth-order valence-corrected chi connectivity index (χ4v) is 2.02. The molecule has 8 heteroatoms. The number of alkyl halides is 1. The number of hydrogen-bond acceptors (Lipinski definition) is 5. The highest BCUT2D eigenvalue weighted by Gasteiger charge is 2.21. The van der Waals surface area contributed by atoms with Crippen LogP contribution in [0.3, 0.4) is 0 Å². The van der Waals surface area contributed by atoms with E-state index in [9.17, 15) is 14.0 Å².